The van der Waals surface area contributed by atoms with Gasteiger partial charge in [-0.05, 0) is 25.3 Å². The number of fused-ring (bicyclic) bond motifs is 1. The number of piperidine rings is 1. The van der Waals surface area contributed by atoms with Crippen molar-refractivity contribution >= 4 is 37.5 Å². The summed E-state index contributed by atoms with van der Waals surface area (Å²) in [4.78, 5) is 30.7. The lowest BCUT2D eigenvalue weighted by molar-refractivity contribution is -0.122. The summed E-state index contributed by atoms with van der Waals surface area (Å²) in [6.07, 6.45) is 4.23. The Morgan fingerprint density at radius 1 is 1.28 bits per heavy atom. The number of thiophene rings is 1. The number of rotatable bonds is 6. The number of nitrogens with one attached hydrogen (secondary N) is 1. The van der Waals surface area contributed by atoms with E-state index in [1.54, 1.807) is 0 Å². The molecule has 1 atom stereocenters. The van der Waals surface area contributed by atoms with E-state index in [-0.39, 0.29) is 37.0 Å². The standard InChI is InChI=1S/C22H26N4O4S2/c1-15-5-7-16(8-6-15)18-13-31-21-20(18)22(28)25(14-23-21)11-9-19(27)24-17-4-3-10-26(12-17)32(2,29)30/h5-8,13-14,17H,3-4,9-12H2,1-2H3,(H,24,27). The van der Waals surface area contributed by atoms with Gasteiger partial charge in [-0.3, -0.25) is 14.2 Å². The van der Waals surface area contributed by atoms with E-state index in [2.05, 4.69) is 10.3 Å². The molecular weight excluding hydrogens is 448 g/mol. The van der Waals surface area contributed by atoms with E-state index in [0.717, 1.165) is 23.1 Å². The van der Waals surface area contributed by atoms with Crippen LogP contribution >= 0.6 is 11.3 Å². The molecule has 1 fully saturated rings. The van der Waals surface area contributed by atoms with Crippen LogP contribution in [0.2, 0.25) is 0 Å². The molecule has 3 heterocycles. The molecule has 1 unspecified atom stereocenters. The lowest BCUT2D eigenvalue weighted by Crippen LogP contribution is -2.49. The zero-order valence-corrected chi connectivity index (χ0v) is 19.7. The highest BCUT2D eigenvalue weighted by atomic mass is 32.2. The highest BCUT2D eigenvalue weighted by Gasteiger charge is 2.26. The minimum atomic E-state index is -3.27. The predicted octanol–water partition coefficient (Wildman–Crippen LogP) is 2.36. The number of hydrogen-bond donors (Lipinski definition) is 1. The van der Waals surface area contributed by atoms with Gasteiger partial charge in [-0.25, -0.2) is 17.7 Å². The fourth-order valence-electron chi connectivity index (χ4n) is 3.96. The lowest BCUT2D eigenvalue weighted by atomic mass is 10.1. The maximum absolute atomic E-state index is 13.1. The summed E-state index contributed by atoms with van der Waals surface area (Å²) in [5.74, 6) is -0.207. The summed E-state index contributed by atoms with van der Waals surface area (Å²) in [7, 11) is -3.27. The second-order valence-electron chi connectivity index (χ2n) is 8.22. The highest BCUT2D eigenvalue weighted by molar-refractivity contribution is 7.88. The molecule has 10 heteroatoms. The van der Waals surface area contributed by atoms with Gasteiger partial charge in [-0.1, -0.05) is 29.8 Å². The zero-order chi connectivity index (χ0) is 22.9. The molecule has 0 spiro atoms. The summed E-state index contributed by atoms with van der Waals surface area (Å²) < 4.78 is 26.4. The largest absolute Gasteiger partial charge is 0.352 e. The smallest absolute Gasteiger partial charge is 0.262 e. The molecule has 8 nitrogen and oxygen atoms in total. The Kier molecular flexibility index (Phi) is 6.45. The second-order valence-corrected chi connectivity index (χ2v) is 11.1. The topological polar surface area (TPSA) is 101 Å². The van der Waals surface area contributed by atoms with Crippen LogP contribution in [0.5, 0.6) is 0 Å². The average molecular weight is 475 g/mol. The van der Waals surface area contributed by atoms with Crippen molar-refractivity contribution in [2.75, 3.05) is 19.3 Å². The van der Waals surface area contributed by atoms with Crippen molar-refractivity contribution in [1.82, 2.24) is 19.2 Å². The van der Waals surface area contributed by atoms with Crippen LogP contribution in [0.15, 0.2) is 40.8 Å². The Balaban J connectivity index is 1.46. The Hall–Kier alpha value is -2.56. The first-order chi connectivity index (χ1) is 15.2. The molecule has 32 heavy (non-hydrogen) atoms. The van der Waals surface area contributed by atoms with Crippen molar-refractivity contribution in [3.05, 3.63) is 51.9 Å². The van der Waals surface area contributed by atoms with Gasteiger partial charge >= 0.3 is 0 Å². The Labute approximate surface area is 190 Å². The minimum absolute atomic E-state index is 0.118. The van der Waals surface area contributed by atoms with Crippen molar-refractivity contribution in [3.8, 4) is 11.1 Å². The van der Waals surface area contributed by atoms with Crippen molar-refractivity contribution < 1.29 is 13.2 Å². The molecule has 1 saturated heterocycles. The summed E-state index contributed by atoms with van der Waals surface area (Å²) in [5.41, 5.74) is 2.79. The van der Waals surface area contributed by atoms with E-state index < -0.39 is 10.0 Å². The van der Waals surface area contributed by atoms with Crippen LogP contribution in [0.1, 0.15) is 24.8 Å². The molecular formula is C22H26N4O4S2. The Morgan fingerprint density at radius 3 is 2.75 bits per heavy atom. The SMILES string of the molecule is Cc1ccc(-c2csc3ncn(CCC(=O)NC4CCCN(S(C)(=O)=O)C4)c(=O)c23)cc1. The molecule has 170 valence electrons. The molecule has 2 aromatic heterocycles. The highest BCUT2D eigenvalue weighted by Crippen LogP contribution is 2.30. The van der Waals surface area contributed by atoms with E-state index in [4.69, 9.17) is 0 Å². The van der Waals surface area contributed by atoms with E-state index in [1.165, 1.54) is 32.8 Å². The van der Waals surface area contributed by atoms with Gasteiger partial charge in [-0.2, -0.15) is 0 Å². The van der Waals surface area contributed by atoms with Crippen LogP contribution in [-0.4, -0.2) is 53.6 Å². The quantitative estimate of drug-likeness (QED) is 0.591. The molecule has 1 aliphatic rings. The first-order valence-electron chi connectivity index (χ1n) is 10.5. The monoisotopic (exact) mass is 474 g/mol. The van der Waals surface area contributed by atoms with Crippen LogP contribution < -0.4 is 10.9 Å². The van der Waals surface area contributed by atoms with Crippen molar-refractivity contribution in [3.63, 3.8) is 0 Å². The lowest BCUT2D eigenvalue weighted by Gasteiger charge is -2.31. The van der Waals surface area contributed by atoms with Crippen LogP contribution in [0.25, 0.3) is 21.3 Å². The van der Waals surface area contributed by atoms with Gasteiger partial charge in [0.1, 0.15) is 4.83 Å². The van der Waals surface area contributed by atoms with Crippen molar-refractivity contribution in [2.24, 2.45) is 0 Å². The first-order valence-corrected chi connectivity index (χ1v) is 13.2. The molecule has 1 amide bonds. The molecule has 1 aromatic carbocycles. The van der Waals surface area contributed by atoms with Gasteiger partial charge in [0.2, 0.25) is 15.9 Å². The molecule has 3 aromatic rings. The first kappa shape index (κ1) is 22.6. The third-order valence-electron chi connectivity index (χ3n) is 5.72. The molecule has 0 aliphatic carbocycles. The second kappa shape index (κ2) is 9.13. The molecule has 0 radical (unpaired) electrons. The molecule has 0 saturated carbocycles. The number of aromatic nitrogens is 2. The van der Waals surface area contributed by atoms with Crippen molar-refractivity contribution in [1.29, 1.82) is 0 Å². The zero-order valence-electron chi connectivity index (χ0n) is 18.1. The predicted molar refractivity (Wildman–Crippen MR) is 126 cm³/mol. The summed E-state index contributed by atoms with van der Waals surface area (Å²) in [5, 5.41) is 5.42. The van der Waals surface area contributed by atoms with Gasteiger partial charge in [0.25, 0.3) is 5.56 Å². The van der Waals surface area contributed by atoms with Crippen LogP contribution in [0, 0.1) is 6.92 Å². The van der Waals surface area contributed by atoms with E-state index >= 15 is 0 Å². The fourth-order valence-corrected chi connectivity index (χ4v) is 5.77. The van der Waals surface area contributed by atoms with Crippen LogP contribution in [0.3, 0.4) is 0 Å². The van der Waals surface area contributed by atoms with E-state index in [1.807, 2.05) is 36.6 Å². The fraction of sp³-hybridized carbons (Fsp3) is 0.409. The number of nitrogens with zero attached hydrogens (tertiary/aromatic N) is 3. The Morgan fingerprint density at radius 2 is 2.03 bits per heavy atom. The number of benzene rings is 1. The molecule has 4 rings (SSSR count). The molecule has 0 bridgehead atoms. The Bertz CT molecular complexity index is 1300. The number of aryl methyl sites for hydroxylation is 2. The van der Waals surface area contributed by atoms with Crippen LogP contribution in [0.4, 0.5) is 0 Å². The summed E-state index contributed by atoms with van der Waals surface area (Å²) in [6, 6.07) is 7.78. The van der Waals surface area contributed by atoms with E-state index in [9.17, 15) is 18.0 Å². The molecule has 1 aliphatic heterocycles. The third kappa shape index (κ3) is 4.92. The maximum Gasteiger partial charge on any atom is 0.262 e. The van der Waals surface area contributed by atoms with E-state index in [0.29, 0.717) is 23.2 Å². The maximum atomic E-state index is 13.1. The van der Waals surface area contributed by atoms with Gasteiger partial charge in [0.05, 0.1) is 18.0 Å². The normalized spacial score (nSPS) is 17.5. The number of carbonyl (C=O) groups is 1. The van der Waals surface area contributed by atoms with Gasteiger partial charge < -0.3 is 5.32 Å². The number of sulfonamides is 1. The van der Waals surface area contributed by atoms with Crippen LogP contribution in [-0.2, 0) is 21.4 Å². The minimum Gasteiger partial charge on any atom is -0.352 e. The molecule has 1 N–H and O–H groups in total. The average Bonchev–Trinajstić information content (AvgIpc) is 3.18. The number of carbonyl (C=O) groups excluding carboxylic acids is 1. The summed E-state index contributed by atoms with van der Waals surface area (Å²) >= 11 is 1.43. The third-order valence-corrected chi connectivity index (χ3v) is 7.88. The number of amides is 1. The van der Waals surface area contributed by atoms with Gasteiger partial charge in [-0.15, -0.1) is 11.3 Å². The van der Waals surface area contributed by atoms with Gasteiger partial charge in [0, 0.05) is 43.0 Å². The summed E-state index contributed by atoms with van der Waals surface area (Å²) in [6.45, 7) is 2.99. The van der Waals surface area contributed by atoms with Gasteiger partial charge in [0.15, 0.2) is 0 Å². The number of hydrogen-bond acceptors (Lipinski definition) is 6. The van der Waals surface area contributed by atoms with Crippen molar-refractivity contribution in [2.45, 2.75) is 38.8 Å².